The molecule has 2 radical (unpaired) electrons. The first kappa shape index (κ1) is 10.1. The minimum absolute atomic E-state index is 0.161. The number of hydrogen-bond acceptors (Lipinski definition) is 0. The summed E-state index contributed by atoms with van der Waals surface area (Å²) in [7, 11) is 0. The van der Waals surface area contributed by atoms with E-state index in [1.165, 1.54) is 24.3 Å². The Hall–Kier alpha value is -2.03. The van der Waals surface area contributed by atoms with Gasteiger partial charge in [-0.3, -0.25) is 0 Å². The van der Waals surface area contributed by atoms with Crippen LogP contribution in [0.1, 0.15) is 0 Å². The molecule has 3 aromatic rings. The number of halogens is 3. The lowest BCUT2D eigenvalue weighted by Gasteiger charge is -2.03. The maximum absolute atomic E-state index is 13.5. The number of benzene rings is 3. The second-order valence-electron chi connectivity index (χ2n) is 3.77. The Labute approximate surface area is 95.3 Å². The summed E-state index contributed by atoms with van der Waals surface area (Å²) >= 11 is 0. The zero-order chi connectivity index (χ0) is 12.0. The van der Waals surface area contributed by atoms with Crippen LogP contribution >= 0.6 is 0 Å². The summed E-state index contributed by atoms with van der Waals surface area (Å²) in [6, 6.07) is 11.7. The zero-order valence-corrected chi connectivity index (χ0v) is 8.52. The van der Waals surface area contributed by atoms with Crippen LogP contribution in [-0.2, 0) is 0 Å². The van der Waals surface area contributed by atoms with E-state index >= 15 is 0 Å². The molecule has 0 amide bonds. The van der Waals surface area contributed by atoms with Crippen molar-refractivity contribution in [1.29, 1.82) is 0 Å². The molecule has 0 aliphatic heterocycles. The molecule has 0 aliphatic carbocycles. The molecule has 17 heavy (non-hydrogen) atoms. The van der Waals surface area contributed by atoms with Gasteiger partial charge in [-0.25, -0.2) is 13.2 Å². The SMILES string of the molecule is Fc1[c]cc2cc3c(F)c(F)[c]cc3cc2c1. The first-order valence-corrected chi connectivity index (χ1v) is 4.95. The van der Waals surface area contributed by atoms with Crippen LogP contribution in [0.3, 0.4) is 0 Å². The van der Waals surface area contributed by atoms with Crippen LogP contribution in [-0.4, -0.2) is 0 Å². The quantitative estimate of drug-likeness (QED) is 0.512. The molecule has 3 rings (SSSR count). The lowest BCUT2D eigenvalue weighted by Crippen LogP contribution is -1.87. The van der Waals surface area contributed by atoms with Gasteiger partial charge < -0.3 is 0 Å². The van der Waals surface area contributed by atoms with Crippen LogP contribution in [0.25, 0.3) is 21.5 Å². The Morgan fingerprint density at radius 3 is 2.35 bits per heavy atom. The Bertz CT molecular complexity index is 732. The molecule has 0 saturated carbocycles. The highest BCUT2D eigenvalue weighted by Crippen LogP contribution is 2.26. The maximum Gasteiger partial charge on any atom is 0.167 e. The predicted octanol–water partition coefficient (Wildman–Crippen LogP) is 4.01. The number of rotatable bonds is 0. The molecule has 0 fully saturated rings. The van der Waals surface area contributed by atoms with Crippen molar-refractivity contribution in [3.63, 3.8) is 0 Å². The van der Waals surface area contributed by atoms with Gasteiger partial charge in [-0.2, -0.15) is 0 Å². The zero-order valence-electron chi connectivity index (χ0n) is 8.52. The minimum Gasteiger partial charge on any atom is -0.206 e. The van der Waals surface area contributed by atoms with Crippen molar-refractivity contribution in [2.75, 3.05) is 0 Å². The fourth-order valence-electron chi connectivity index (χ4n) is 1.86. The summed E-state index contributed by atoms with van der Waals surface area (Å²) in [4.78, 5) is 0. The van der Waals surface area contributed by atoms with Crippen molar-refractivity contribution in [2.24, 2.45) is 0 Å². The van der Waals surface area contributed by atoms with Crippen LogP contribution in [0.15, 0.2) is 30.3 Å². The third-order valence-electron chi connectivity index (χ3n) is 2.69. The van der Waals surface area contributed by atoms with Gasteiger partial charge in [0.25, 0.3) is 0 Å². The van der Waals surface area contributed by atoms with Gasteiger partial charge in [0.05, 0.1) is 0 Å². The highest BCUT2D eigenvalue weighted by Gasteiger charge is 2.08. The first-order chi connectivity index (χ1) is 8.15. The van der Waals surface area contributed by atoms with Crippen molar-refractivity contribution in [2.45, 2.75) is 0 Å². The van der Waals surface area contributed by atoms with E-state index in [2.05, 4.69) is 12.1 Å². The fourth-order valence-corrected chi connectivity index (χ4v) is 1.86. The number of fused-ring (bicyclic) bond motifs is 2. The Morgan fingerprint density at radius 2 is 1.53 bits per heavy atom. The molecule has 3 heteroatoms. The molecule has 0 spiro atoms. The summed E-state index contributed by atoms with van der Waals surface area (Å²) in [6.07, 6.45) is 0. The molecule has 0 saturated heterocycles. The monoisotopic (exact) mass is 230 g/mol. The lowest BCUT2D eigenvalue weighted by molar-refractivity contribution is 0.515. The van der Waals surface area contributed by atoms with Gasteiger partial charge in [-0.1, -0.05) is 0 Å². The second-order valence-corrected chi connectivity index (χ2v) is 3.77. The van der Waals surface area contributed by atoms with E-state index in [-0.39, 0.29) is 5.39 Å². The average Bonchev–Trinajstić information content (AvgIpc) is 2.32. The largest absolute Gasteiger partial charge is 0.206 e. The van der Waals surface area contributed by atoms with E-state index < -0.39 is 17.5 Å². The lowest BCUT2D eigenvalue weighted by atomic mass is 10.0. The molecule has 0 bridgehead atoms. The topological polar surface area (TPSA) is 0 Å². The van der Waals surface area contributed by atoms with E-state index in [4.69, 9.17) is 0 Å². The third-order valence-corrected chi connectivity index (χ3v) is 2.69. The molecule has 0 heterocycles. The van der Waals surface area contributed by atoms with Gasteiger partial charge in [-0.05, 0) is 46.5 Å². The van der Waals surface area contributed by atoms with Crippen LogP contribution in [0.4, 0.5) is 13.2 Å². The molecule has 0 N–H and O–H groups in total. The van der Waals surface area contributed by atoms with E-state index in [0.29, 0.717) is 16.2 Å². The van der Waals surface area contributed by atoms with Crippen LogP contribution in [0, 0.1) is 29.6 Å². The van der Waals surface area contributed by atoms with Crippen LogP contribution in [0.2, 0.25) is 0 Å². The van der Waals surface area contributed by atoms with Crippen molar-refractivity contribution in [1.82, 2.24) is 0 Å². The number of hydrogen-bond donors (Lipinski definition) is 0. The summed E-state index contributed by atoms with van der Waals surface area (Å²) in [5.74, 6) is -2.43. The van der Waals surface area contributed by atoms with Crippen molar-refractivity contribution >= 4 is 21.5 Å². The Balaban J connectivity index is 2.48. The van der Waals surface area contributed by atoms with Gasteiger partial charge >= 0.3 is 0 Å². The molecular formula is C14H5F3. The maximum atomic E-state index is 13.5. The smallest absolute Gasteiger partial charge is 0.167 e. The van der Waals surface area contributed by atoms with Gasteiger partial charge in [-0.15, -0.1) is 0 Å². The second kappa shape index (κ2) is 3.48. The first-order valence-electron chi connectivity index (χ1n) is 4.95. The van der Waals surface area contributed by atoms with Crippen LogP contribution in [0.5, 0.6) is 0 Å². The summed E-state index contributed by atoms with van der Waals surface area (Å²) in [5, 5.41) is 1.88. The van der Waals surface area contributed by atoms with E-state index in [1.807, 2.05) is 0 Å². The molecule has 0 aliphatic rings. The molecule has 0 aromatic heterocycles. The van der Waals surface area contributed by atoms with E-state index in [9.17, 15) is 13.2 Å². The standard InChI is InChI=1S/C14H5F3/c15-11-3-1-8-7-12-9(5-10(8)6-11)2-4-13(16)14(12)17/h1-2,5-7H. The van der Waals surface area contributed by atoms with Gasteiger partial charge in [0.2, 0.25) is 0 Å². The normalized spacial score (nSPS) is 11.2. The molecule has 0 unspecified atom stereocenters. The van der Waals surface area contributed by atoms with Gasteiger partial charge in [0, 0.05) is 17.5 Å². The molecule has 0 atom stereocenters. The predicted molar refractivity (Wildman–Crippen MR) is 59.0 cm³/mol. The van der Waals surface area contributed by atoms with Crippen LogP contribution < -0.4 is 0 Å². The molecule has 82 valence electrons. The summed E-state index contributed by atoms with van der Waals surface area (Å²) in [6.45, 7) is 0. The average molecular weight is 230 g/mol. The van der Waals surface area contributed by atoms with E-state index in [1.54, 1.807) is 6.07 Å². The highest BCUT2D eigenvalue weighted by atomic mass is 19.2. The minimum atomic E-state index is -1.01. The molecule has 0 nitrogen and oxygen atoms in total. The van der Waals surface area contributed by atoms with Gasteiger partial charge in [0.15, 0.2) is 11.6 Å². The fraction of sp³-hybridized carbons (Fsp3) is 0. The summed E-state index contributed by atoms with van der Waals surface area (Å²) in [5.41, 5.74) is 0. The summed E-state index contributed by atoms with van der Waals surface area (Å²) < 4.78 is 39.5. The van der Waals surface area contributed by atoms with Crippen molar-refractivity contribution < 1.29 is 13.2 Å². The third kappa shape index (κ3) is 1.55. The van der Waals surface area contributed by atoms with Gasteiger partial charge in [0.1, 0.15) is 5.82 Å². The molecular weight excluding hydrogens is 225 g/mol. The van der Waals surface area contributed by atoms with Crippen molar-refractivity contribution in [3.8, 4) is 0 Å². The Kier molecular flexibility index (Phi) is 2.08. The Morgan fingerprint density at radius 1 is 0.765 bits per heavy atom. The highest BCUT2D eigenvalue weighted by molar-refractivity contribution is 5.98. The van der Waals surface area contributed by atoms with E-state index in [0.717, 1.165) is 0 Å². The van der Waals surface area contributed by atoms with Crippen molar-refractivity contribution in [3.05, 3.63) is 59.9 Å². The molecule has 3 aromatic carbocycles.